The molecule has 0 radical (unpaired) electrons. The van der Waals surface area contributed by atoms with Crippen molar-refractivity contribution < 1.29 is 18.7 Å². The molecule has 1 fully saturated rings. The summed E-state index contributed by atoms with van der Waals surface area (Å²) in [7, 11) is 3.18. The first-order chi connectivity index (χ1) is 12.5. The molecular formula is C19H16FNO3S2. The van der Waals surface area contributed by atoms with Crippen molar-refractivity contribution in [3.8, 4) is 11.5 Å². The maximum atomic E-state index is 13.8. The number of thioether (sulfide) groups is 1. The fourth-order valence-electron chi connectivity index (χ4n) is 2.36. The molecule has 0 unspecified atom stereocenters. The highest BCUT2D eigenvalue weighted by atomic mass is 32.2. The molecule has 3 rings (SSSR count). The fourth-order valence-corrected chi connectivity index (χ4v) is 3.54. The molecule has 0 atom stereocenters. The number of ether oxygens (including phenoxy) is 2. The molecule has 7 heteroatoms. The van der Waals surface area contributed by atoms with E-state index < -0.39 is 0 Å². The Morgan fingerprint density at radius 1 is 1.23 bits per heavy atom. The first kappa shape index (κ1) is 18.4. The summed E-state index contributed by atoms with van der Waals surface area (Å²) in [4.78, 5) is 14.1. The Balaban J connectivity index is 1.84. The molecule has 0 bridgehead atoms. The smallest absolute Gasteiger partial charge is 0.265 e. The topological polar surface area (TPSA) is 38.8 Å². The molecule has 1 amide bonds. The Morgan fingerprint density at radius 3 is 2.65 bits per heavy atom. The van der Waals surface area contributed by atoms with Gasteiger partial charge in [-0.3, -0.25) is 9.69 Å². The molecule has 2 aromatic rings. The summed E-state index contributed by atoms with van der Waals surface area (Å²) in [5.41, 5.74) is 1.22. The van der Waals surface area contributed by atoms with Crippen LogP contribution in [0.2, 0.25) is 0 Å². The van der Waals surface area contributed by atoms with E-state index in [4.69, 9.17) is 21.7 Å². The van der Waals surface area contributed by atoms with Crippen LogP contribution in [0.3, 0.4) is 0 Å². The normalized spacial score (nSPS) is 15.7. The number of amides is 1. The van der Waals surface area contributed by atoms with E-state index in [0.29, 0.717) is 26.3 Å². The predicted molar refractivity (Wildman–Crippen MR) is 105 cm³/mol. The summed E-state index contributed by atoms with van der Waals surface area (Å²) in [6.07, 6.45) is 1.75. The van der Waals surface area contributed by atoms with Crippen molar-refractivity contribution in [1.29, 1.82) is 0 Å². The molecule has 1 aliphatic heterocycles. The van der Waals surface area contributed by atoms with Gasteiger partial charge in [-0.2, -0.15) is 0 Å². The molecule has 0 spiro atoms. The highest BCUT2D eigenvalue weighted by molar-refractivity contribution is 8.26. The Labute approximate surface area is 160 Å². The van der Waals surface area contributed by atoms with Crippen molar-refractivity contribution in [1.82, 2.24) is 4.90 Å². The van der Waals surface area contributed by atoms with Gasteiger partial charge in [0.15, 0.2) is 11.5 Å². The quantitative estimate of drug-likeness (QED) is 0.565. The second kappa shape index (κ2) is 7.88. The van der Waals surface area contributed by atoms with E-state index in [0.717, 1.165) is 5.56 Å². The molecule has 26 heavy (non-hydrogen) atoms. The molecule has 4 nitrogen and oxygen atoms in total. The molecule has 134 valence electrons. The fraction of sp³-hybridized carbons (Fsp3) is 0.158. The zero-order chi connectivity index (χ0) is 18.7. The number of halogens is 1. The molecule has 1 aliphatic rings. The lowest BCUT2D eigenvalue weighted by atomic mass is 10.1. The van der Waals surface area contributed by atoms with Crippen LogP contribution in [0.4, 0.5) is 4.39 Å². The second-order valence-corrected chi connectivity index (χ2v) is 7.21. The lowest BCUT2D eigenvalue weighted by Crippen LogP contribution is -2.22. The van der Waals surface area contributed by atoms with Gasteiger partial charge in [-0.05, 0) is 29.8 Å². The molecule has 0 aromatic heterocycles. The van der Waals surface area contributed by atoms with Crippen LogP contribution >= 0.6 is 24.0 Å². The van der Waals surface area contributed by atoms with Crippen molar-refractivity contribution in [3.05, 3.63) is 64.3 Å². The predicted octanol–water partition coefficient (Wildman–Crippen LogP) is 4.24. The third kappa shape index (κ3) is 3.89. The maximum absolute atomic E-state index is 13.8. The number of thiocarbonyl (C=S) groups is 1. The Hall–Kier alpha value is -2.38. The molecular weight excluding hydrogens is 373 g/mol. The number of likely N-dealkylation sites (N-methyl/N-ethyl adjacent to an activating group) is 1. The third-order valence-corrected chi connectivity index (χ3v) is 5.30. The number of carbonyl (C=O) groups excluding carboxylic acids is 1. The third-order valence-electron chi connectivity index (χ3n) is 3.81. The number of methoxy groups -OCH3 is 1. The lowest BCUT2D eigenvalue weighted by Gasteiger charge is -2.12. The highest BCUT2D eigenvalue weighted by Crippen LogP contribution is 2.34. The van der Waals surface area contributed by atoms with Gasteiger partial charge in [-0.1, -0.05) is 48.2 Å². The van der Waals surface area contributed by atoms with Gasteiger partial charge in [-0.25, -0.2) is 4.39 Å². The van der Waals surface area contributed by atoms with Gasteiger partial charge in [0.2, 0.25) is 0 Å². The van der Waals surface area contributed by atoms with Gasteiger partial charge in [0.05, 0.1) is 12.0 Å². The number of hydrogen-bond donors (Lipinski definition) is 0. The van der Waals surface area contributed by atoms with E-state index >= 15 is 0 Å². The van der Waals surface area contributed by atoms with Crippen LogP contribution in [0.25, 0.3) is 6.08 Å². The highest BCUT2D eigenvalue weighted by Gasteiger charge is 2.28. The zero-order valence-electron chi connectivity index (χ0n) is 14.2. The van der Waals surface area contributed by atoms with Crippen molar-refractivity contribution in [3.63, 3.8) is 0 Å². The summed E-state index contributed by atoms with van der Waals surface area (Å²) in [6, 6.07) is 11.7. The SMILES string of the molecule is COc1ccc(/C=C2/SC(=S)N(C)C2=O)cc1OCc1ccccc1F. The summed E-state index contributed by atoms with van der Waals surface area (Å²) >= 11 is 6.38. The van der Waals surface area contributed by atoms with Crippen LogP contribution in [0.5, 0.6) is 11.5 Å². The summed E-state index contributed by atoms with van der Waals surface area (Å²) in [6.45, 7) is 0.0730. The number of nitrogens with zero attached hydrogens (tertiary/aromatic N) is 1. The molecule has 0 aliphatic carbocycles. The van der Waals surface area contributed by atoms with E-state index in [1.165, 1.54) is 29.8 Å². The zero-order valence-corrected chi connectivity index (χ0v) is 15.8. The van der Waals surface area contributed by atoms with Crippen LogP contribution in [0.15, 0.2) is 47.4 Å². The second-order valence-electron chi connectivity index (χ2n) is 5.53. The van der Waals surface area contributed by atoms with E-state index in [-0.39, 0.29) is 18.3 Å². The molecule has 1 heterocycles. The van der Waals surface area contributed by atoms with Crippen molar-refractivity contribution in [2.45, 2.75) is 6.61 Å². The average Bonchev–Trinajstić information content (AvgIpc) is 2.88. The van der Waals surface area contributed by atoms with Crippen LogP contribution in [0, 0.1) is 5.82 Å². The minimum atomic E-state index is -0.325. The van der Waals surface area contributed by atoms with Crippen LogP contribution in [0.1, 0.15) is 11.1 Å². The van der Waals surface area contributed by atoms with Crippen LogP contribution < -0.4 is 9.47 Å². The van der Waals surface area contributed by atoms with Crippen molar-refractivity contribution in [2.75, 3.05) is 14.2 Å². The molecule has 2 aromatic carbocycles. The molecule has 0 saturated carbocycles. The molecule has 1 saturated heterocycles. The lowest BCUT2D eigenvalue weighted by molar-refractivity contribution is -0.121. The van der Waals surface area contributed by atoms with Gasteiger partial charge >= 0.3 is 0 Å². The van der Waals surface area contributed by atoms with Crippen molar-refractivity contribution >= 4 is 40.3 Å². The molecule has 0 N–H and O–H groups in total. The van der Waals surface area contributed by atoms with E-state index in [9.17, 15) is 9.18 Å². The summed E-state index contributed by atoms with van der Waals surface area (Å²) < 4.78 is 25.3. The number of rotatable bonds is 5. The Morgan fingerprint density at radius 2 is 2.00 bits per heavy atom. The Kier molecular flexibility index (Phi) is 5.58. The van der Waals surface area contributed by atoms with E-state index in [1.54, 1.807) is 43.5 Å². The number of hydrogen-bond acceptors (Lipinski definition) is 5. The summed E-state index contributed by atoms with van der Waals surface area (Å²) in [5.74, 6) is 0.539. The van der Waals surface area contributed by atoms with E-state index in [1.807, 2.05) is 6.07 Å². The van der Waals surface area contributed by atoms with Gasteiger partial charge in [0.25, 0.3) is 5.91 Å². The van der Waals surface area contributed by atoms with Gasteiger partial charge in [0.1, 0.15) is 16.7 Å². The number of carbonyl (C=O) groups is 1. The average molecular weight is 389 g/mol. The summed E-state index contributed by atoms with van der Waals surface area (Å²) in [5, 5.41) is 0. The largest absolute Gasteiger partial charge is 0.493 e. The van der Waals surface area contributed by atoms with Crippen LogP contribution in [-0.2, 0) is 11.4 Å². The standard InChI is InChI=1S/C19H16FNO3S2/c1-21-18(22)17(26-19(21)25)10-12-7-8-15(23-2)16(9-12)24-11-13-5-3-4-6-14(13)20/h3-10H,11H2,1-2H3/b17-10+. The van der Waals surface area contributed by atoms with Crippen LogP contribution in [-0.4, -0.2) is 29.3 Å². The van der Waals surface area contributed by atoms with E-state index in [2.05, 4.69) is 0 Å². The van der Waals surface area contributed by atoms with Crippen molar-refractivity contribution in [2.24, 2.45) is 0 Å². The minimum absolute atomic E-state index is 0.0730. The first-order valence-electron chi connectivity index (χ1n) is 7.75. The first-order valence-corrected chi connectivity index (χ1v) is 8.98. The van der Waals surface area contributed by atoms with Gasteiger partial charge in [-0.15, -0.1) is 0 Å². The Bertz CT molecular complexity index is 898. The van der Waals surface area contributed by atoms with Gasteiger partial charge < -0.3 is 9.47 Å². The van der Waals surface area contributed by atoms with Gasteiger partial charge in [0, 0.05) is 12.6 Å². The minimum Gasteiger partial charge on any atom is -0.493 e. The monoisotopic (exact) mass is 389 g/mol. The number of benzene rings is 2. The maximum Gasteiger partial charge on any atom is 0.265 e.